The van der Waals surface area contributed by atoms with Gasteiger partial charge in [0.2, 0.25) is 5.91 Å². The highest BCUT2D eigenvalue weighted by atomic mass is 16.2. The average molecular weight is 325 g/mol. The summed E-state index contributed by atoms with van der Waals surface area (Å²) in [6.45, 7) is 5.60. The van der Waals surface area contributed by atoms with Crippen molar-refractivity contribution in [1.29, 1.82) is 0 Å². The van der Waals surface area contributed by atoms with Crippen molar-refractivity contribution in [2.45, 2.75) is 38.3 Å². The molecular formula is C18H23N5O. The van der Waals surface area contributed by atoms with Gasteiger partial charge in [-0.3, -0.25) is 9.69 Å². The van der Waals surface area contributed by atoms with E-state index in [1.807, 2.05) is 24.1 Å². The number of likely N-dealkylation sites (tertiary alicyclic amines) is 1. The Bertz CT molecular complexity index is 760. The second kappa shape index (κ2) is 5.70. The smallest absolute Gasteiger partial charge is 0.237 e. The van der Waals surface area contributed by atoms with Crippen LogP contribution in [0.3, 0.4) is 0 Å². The Balaban J connectivity index is 1.53. The van der Waals surface area contributed by atoms with Gasteiger partial charge >= 0.3 is 0 Å². The summed E-state index contributed by atoms with van der Waals surface area (Å²) in [6, 6.07) is 8.23. The number of amides is 1. The maximum absolute atomic E-state index is 12.9. The van der Waals surface area contributed by atoms with E-state index in [9.17, 15) is 4.79 Å². The molecule has 2 aromatic rings. The molecule has 1 fully saturated rings. The molecule has 0 unspecified atom stereocenters. The second-order valence-electron chi connectivity index (χ2n) is 6.77. The molecule has 126 valence electrons. The van der Waals surface area contributed by atoms with Crippen molar-refractivity contribution in [3.05, 3.63) is 42.0 Å². The first-order valence-electron chi connectivity index (χ1n) is 8.62. The van der Waals surface area contributed by atoms with Crippen molar-refractivity contribution in [1.82, 2.24) is 19.7 Å². The normalized spacial score (nSPS) is 19.9. The molecule has 0 bridgehead atoms. The summed E-state index contributed by atoms with van der Waals surface area (Å²) in [7, 11) is 1.89. The number of benzene rings is 1. The predicted molar refractivity (Wildman–Crippen MR) is 91.7 cm³/mol. The third-order valence-electron chi connectivity index (χ3n) is 5.61. The molecule has 3 heterocycles. The Morgan fingerprint density at radius 3 is 2.71 bits per heavy atom. The van der Waals surface area contributed by atoms with Gasteiger partial charge in [0.15, 0.2) is 0 Å². The molecule has 2 aliphatic rings. The fourth-order valence-corrected chi connectivity index (χ4v) is 4.16. The molecule has 4 rings (SSSR count). The van der Waals surface area contributed by atoms with Gasteiger partial charge in [0.25, 0.3) is 0 Å². The molecular weight excluding hydrogens is 302 g/mol. The minimum atomic E-state index is -0.333. The van der Waals surface area contributed by atoms with Gasteiger partial charge in [-0.15, -0.1) is 10.2 Å². The van der Waals surface area contributed by atoms with Gasteiger partial charge in [-0.05, 0) is 44.5 Å². The molecule has 0 radical (unpaired) electrons. The average Bonchev–Trinajstić information content (AvgIpc) is 3.15. The van der Waals surface area contributed by atoms with Crippen molar-refractivity contribution in [2.24, 2.45) is 0 Å². The van der Waals surface area contributed by atoms with Crippen molar-refractivity contribution in [3.8, 4) is 0 Å². The highest BCUT2D eigenvalue weighted by Crippen LogP contribution is 2.47. The van der Waals surface area contributed by atoms with E-state index in [1.165, 1.54) is 5.56 Å². The fraction of sp³-hybridized carbons (Fsp3) is 0.500. The van der Waals surface area contributed by atoms with E-state index >= 15 is 0 Å². The molecule has 1 saturated heterocycles. The number of fused-ring (bicyclic) bond motifs is 2. The number of carbonyl (C=O) groups excluding carboxylic acids is 1. The summed E-state index contributed by atoms with van der Waals surface area (Å²) in [5.74, 6) is 1.25. The zero-order chi connectivity index (χ0) is 16.7. The molecule has 0 aliphatic carbocycles. The third-order valence-corrected chi connectivity index (χ3v) is 5.61. The van der Waals surface area contributed by atoms with Crippen LogP contribution in [0.25, 0.3) is 0 Å². The lowest BCUT2D eigenvalue weighted by molar-refractivity contribution is -0.124. The zero-order valence-corrected chi connectivity index (χ0v) is 14.3. The van der Waals surface area contributed by atoms with Crippen LogP contribution in [0, 0.1) is 0 Å². The van der Waals surface area contributed by atoms with Crippen LogP contribution in [0.1, 0.15) is 31.2 Å². The van der Waals surface area contributed by atoms with Crippen molar-refractivity contribution in [3.63, 3.8) is 0 Å². The summed E-state index contributed by atoms with van der Waals surface area (Å²) in [4.78, 5) is 17.2. The number of hydrogen-bond donors (Lipinski definition) is 0. The minimum Gasteiger partial charge on any atom is -0.317 e. The minimum absolute atomic E-state index is 0.250. The van der Waals surface area contributed by atoms with Gasteiger partial charge in [0.05, 0.1) is 12.0 Å². The van der Waals surface area contributed by atoms with Crippen molar-refractivity contribution in [2.75, 3.05) is 25.0 Å². The van der Waals surface area contributed by atoms with Gasteiger partial charge < -0.3 is 9.47 Å². The first-order valence-corrected chi connectivity index (χ1v) is 8.62. The number of carbonyl (C=O) groups is 1. The number of aromatic nitrogens is 3. The largest absolute Gasteiger partial charge is 0.317 e. The first kappa shape index (κ1) is 15.3. The summed E-state index contributed by atoms with van der Waals surface area (Å²) in [6.07, 6.45) is 3.52. The van der Waals surface area contributed by atoms with Crippen molar-refractivity contribution >= 4 is 11.6 Å². The van der Waals surface area contributed by atoms with Crippen LogP contribution in [0.4, 0.5) is 5.69 Å². The van der Waals surface area contributed by atoms with Crippen LogP contribution in [-0.4, -0.2) is 45.7 Å². The Hall–Kier alpha value is -2.21. The Labute approximate surface area is 142 Å². The number of rotatable bonds is 3. The quantitative estimate of drug-likeness (QED) is 0.864. The van der Waals surface area contributed by atoms with Crippen LogP contribution < -0.4 is 4.90 Å². The lowest BCUT2D eigenvalue weighted by Gasteiger charge is -2.38. The fourth-order valence-electron chi connectivity index (χ4n) is 4.16. The molecule has 6 heteroatoms. The van der Waals surface area contributed by atoms with Crippen molar-refractivity contribution < 1.29 is 4.79 Å². The lowest BCUT2D eigenvalue weighted by Crippen LogP contribution is -2.48. The summed E-state index contributed by atoms with van der Waals surface area (Å²) < 4.78 is 2.08. The molecule has 0 saturated carbocycles. The summed E-state index contributed by atoms with van der Waals surface area (Å²) in [5, 5.41) is 8.24. The molecule has 1 amide bonds. The Morgan fingerprint density at radius 2 is 1.96 bits per heavy atom. The van der Waals surface area contributed by atoms with E-state index in [1.54, 1.807) is 6.33 Å². The van der Waals surface area contributed by atoms with Gasteiger partial charge in [-0.2, -0.15) is 0 Å². The molecule has 2 aliphatic heterocycles. The molecule has 1 aromatic heterocycles. The summed E-state index contributed by atoms with van der Waals surface area (Å²) in [5.41, 5.74) is 1.94. The lowest BCUT2D eigenvalue weighted by atomic mass is 9.73. The Kier molecular flexibility index (Phi) is 3.64. The molecule has 1 aromatic carbocycles. The zero-order valence-electron chi connectivity index (χ0n) is 14.3. The molecule has 6 nitrogen and oxygen atoms in total. The number of piperidine rings is 1. The maximum atomic E-state index is 12.9. The van der Waals surface area contributed by atoms with Crippen LogP contribution >= 0.6 is 0 Å². The van der Waals surface area contributed by atoms with E-state index in [0.717, 1.165) is 50.5 Å². The van der Waals surface area contributed by atoms with E-state index in [4.69, 9.17) is 0 Å². The van der Waals surface area contributed by atoms with Crippen LogP contribution in [-0.2, 0) is 23.3 Å². The second-order valence-corrected chi connectivity index (χ2v) is 6.77. The van der Waals surface area contributed by atoms with Crippen LogP contribution in [0.2, 0.25) is 0 Å². The standard InChI is InChI=1S/C18H23N5O/c1-3-23-13-19-20-16(23)12-22-10-8-18(9-11-22)14-6-4-5-7-15(14)21(2)17(18)24/h4-7,13H,3,8-12H2,1-2H3. The maximum Gasteiger partial charge on any atom is 0.237 e. The first-order chi connectivity index (χ1) is 11.7. The summed E-state index contributed by atoms with van der Waals surface area (Å²) >= 11 is 0. The molecule has 0 N–H and O–H groups in total. The molecule has 1 spiro atoms. The number of likely N-dealkylation sites (N-methyl/N-ethyl adjacent to an activating group) is 1. The highest BCUT2D eigenvalue weighted by Gasteiger charge is 2.50. The Morgan fingerprint density at radius 1 is 1.21 bits per heavy atom. The number of anilines is 1. The van der Waals surface area contributed by atoms with Gasteiger partial charge in [0.1, 0.15) is 12.2 Å². The number of aryl methyl sites for hydroxylation is 1. The number of nitrogens with zero attached hydrogens (tertiary/aromatic N) is 5. The topological polar surface area (TPSA) is 54.3 Å². The molecule has 0 atom stereocenters. The third kappa shape index (κ3) is 2.17. The van der Waals surface area contributed by atoms with Crippen LogP contribution in [0.5, 0.6) is 0 Å². The SMILES string of the molecule is CCn1cnnc1CN1CCC2(CC1)C(=O)N(C)c1ccccc12. The van der Waals surface area contributed by atoms with Gasteiger partial charge in [-0.25, -0.2) is 0 Å². The van der Waals surface area contributed by atoms with E-state index in [2.05, 4.69) is 38.7 Å². The molecule has 24 heavy (non-hydrogen) atoms. The highest BCUT2D eigenvalue weighted by molar-refractivity contribution is 6.07. The van der Waals surface area contributed by atoms with E-state index in [-0.39, 0.29) is 11.3 Å². The number of hydrogen-bond acceptors (Lipinski definition) is 4. The van der Waals surface area contributed by atoms with Gasteiger partial charge in [-0.1, -0.05) is 18.2 Å². The van der Waals surface area contributed by atoms with E-state index in [0.29, 0.717) is 0 Å². The predicted octanol–water partition coefficient (Wildman–Crippen LogP) is 1.81. The number of para-hydroxylation sites is 1. The van der Waals surface area contributed by atoms with Crippen LogP contribution in [0.15, 0.2) is 30.6 Å². The monoisotopic (exact) mass is 325 g/mol. The van der Waals surface area contributed by atoms with E-state index < -0.39 is 0 Å². The van der Waals surface area contributed by atoms with Gasteiger partial charge in [0, 0.05) is 19.3 Å².